The molecule has 0 fully saturated rings. The maximum atomic E-state index is 2.25. The lowest BCUT2D eigenvalue weighted by Crippen LogP contribution is -1.81. The van der Waals surface area contributed by atoms with Gasteiger partial charge in [0.1, 0.15) is 0 Å². The van der Waals surface area contributed by atoms with Crippen LogP contribution in [-0.4, -0.2) is 0 Å². The molecule has 0 radical (unpaired) electrons. The molecule has 0 amide bonds. The monoisotopic (exact) mass is 244 g/mol. The van der Waals surface area contributed by atoms with E-state index < -0.39 is 0 Å². The van der Waals surface area contributed by atoms with Crippen molar-refractivity contribution in [1.82, 2.24) is 0 Å². The fourth-order valence-corrected chi connectivity index (χ4v) is 2.32. The summed E-state index contributed by atoms with van der Waals surface area (Å²) in [4.78, 5) is 0. The van der Waals surface area contributed by atoms with Crippen LogP contribution in [0.3, 0.4) is 0 Å². The molecule has 3 rings (SSSR count). The third-order valence-corrected chi connectivity index (χ3v) is 3.39. The summed E-state index contributed by atoms with van der Waals surface area (Å²) in [5, 5.41) is 2.58. The van der Waals surface area contributed by atoms with Crippen molar-refractivity contribution in [3.05, 3.63) is 83.9 Å². The first kappa shape index (κ1) is 11.7. The van der Waals surface area contributed by atoms with Crippen molar-refractivity contribution in [1.29, 1.82) is 0 Å². The lowest BCUT2D eigenvalue weighted by atomic mass is 10.0. The summed E-state index contributed by atoms with van der Waals surface area (Å²) in [6, 6.07) is 25.5. The van der Waals surface area contributed by atoms with Gasteiger partial charge < -0.3 is 0 Å². The number of allylic oxidation sites excluding steroid dienone is 1. The lowest BCUT2D eigenvalue weighted by molar-refractivity contribution is 1.60. The van der Waals surface area contributed by atoms with Crippen LogP contribution in [-0.2, 0) is 0 Å². The van der Waals surface area contributed by atoms with Gasteiger partial charge in [0.05, 0.1) is 0 Å². The van der Waals surface area contributed by atoms with Gasteiger partial charge in [-0.3, -0.25) is 0 Å². The van der Waals surface area contributed by atoms with Crippen LogP contribution in [0.1, 0.15) is 18.1 Å². The predicted molar refractivity (Wildman–Crippen MR) is 83.9 cm³/mol. The average molecular weight is 244 g/mol. The fourth-order valence-electron chi connectivity index (χ4n) is 2.32. The maximum absolute atomic E-state index is 2.25. The van der Waals surface area contributed by atoms with E-state index in [1.54, 1.807) is 0 Å². The van der Waals surface area contributed by atoms with Gasteiger partial charge >= 0.3 is 0 Å². The van der Waals surface area contributed by atoms with Crippen LogP contribution in [0.25, 0.3) is 22.4 Å². The normalized spacial score (nSPS) is 11.7. The maximum Gasteiger partial charge on any atom is -0.0178 e. The second-order valence-corrected chi connectivity index (χ2v) is 4.80. The second-order valence-electron chi connectivity index (χ2n) is 4.80. The van der Waals surface area contributed by atoms with E-state index in [9.17, 15) is 0 Å². The van der Waals surface area contributed by atoms with E-state index in [1.165, 1.54) is 27.5 Å². The highest BCUT2D eigenvalue weighted by Gasteiger charge is 1.98. The molecule has 0 aromatic heterocycles. The summed E-state index contributed by atoms with van der Waals surface area (Å²) < 4.78 is 0. The molecule has 0 aliphatic rings. The van der Waals surface area contributed by atoms with E-state index in [4.69, 9.17) is 0 Å². The highest BCUT2D eigenvalue weighted by molar-refractivity contribution is 5.89. The molecular weight excluding hydrogens is 228 g/mol. The van der Waals surface area contributed by atoms with E-state index in [1.807, 2.05) is 6.07 Å². The minimum atomic E-state index is 1.24. The Bertz CT molecular complexity index is 721. The van der Waals surface area contributed by atoms with Gasteiger partial charge in [-0.2, -0.15) is 0 Å². The summed E-state index contributed by atoms with van der Waals surface area (Å²) >= 11 is 0. The first-order valence-electron chi connectivity index (χ1n) is 6.55. The van der Waals surface area contributed by atoms with Gasteiger partial charge in [-0.05, 0) is 40.5 Å². The van der Waals surface area contributed by atoms with Crippen molar-refractivity contribution in [2.75, 3.05) is 0 Å². The molecule has 0 saturated heterocycles. The standard InChI is InChI=1S/C19H16/c1-15(13-16-7-3-2-4-8-16)18-12-11-17-9-5-6-10-19(17)14-18/h2-14H,1H3/b15-13-. The van der Waals surface area contributed by atoms with E-state index in [-0.39, 0.29) is 0 Å². The van der Waals surface area contributed by atoms with Crippen LogP contribution in [0.5, 0.6) is 0 Å². The molecule has 0 unspecified atom stereocenters. The number of hydrogen-bond acceptors (Lipinski definition) is 0. The zero-order chi connectivity index (χ0) is 13.1. The highest BCUT2D eigenvalue weighted by atomic mass is 14.0. The summed E-state index contributed by atoms with van der Waals surface area (Å²) in [7, 11) is 0. The Morgan fingerprint density at radius 3 is 2.21 bits per heavy atom. The molecule has 3 aromatic rings. The number of fused-ring (bicyclic) bond motifs is 1. The molecule has 0 aliphatic heterocycles. The third-order valence-electron chi connectivity index (χ3n) is 3.39. The molecule has 0 N–H and O–H groups in total. The molecule has 0 bridgehead atoms. The molecule has 0 heteroatoms. The van der Waals surface area contributed by atoms with Crippen LogP contribution < -0.4 is 0 Å². The van der Waals surface area contributed by atoms with Crippen LogP contribution in [0.4, 0.5) is 0 Å². The number of benzene rings is 3. The Balaban J connectivity index is 2.02. The molecule has 0 atom stereocenters. The van der Waals surface area contributed by atoms with E-state index in [2.05, 4.69) is 79.7 Å². The minimum Gasteiger partial charge on any atom is -0.0622 e. The topological polar surface area (TPSA) is 0 Å². The number of rotatable bonds is 2. The van der Waals surface area contributed by atoms with Crippen LogP contribution >= 0.6 is 0 Å². The zero-order valence-electron chi connectivity index (χ0n) is 11.0. The SMILES string of the molecule is C/C(=C/c1ccccc1)c1ccc2ccccc2c1. The van der Waals surface area contributed by atoms with Crippen molar-refractivity contribution in [2.45, 2.75) is 6.92 Å². The van der Waals surface area contributed by atoms with Crippen LogP contribution in [0.15, 0.2) is 72.8 Å². The lowest BCUT2D eigenvalue weighted by Gasteiger charge is -2.04. The van der Waals surface area contributed by atoms with Crippen molar-refractivity contribution in [3.63, 3.8) is 0 Å². The minimum absolute atomic E-state index is 1.24. The Morgan fingerprint density at radius 2 is 1.42 bits per heavy atom. The van der Waals surface area contributed by atoms with Gasteiger partial charge in [0.2, 0.25) is 0 Å². The summed E-state index contributed by atoms with van der Waals surface area (Å²) in [6.45, 7) is 2.16. The Labute approximate surface area is 114 Å². The Hall–Kier alpha value is -2.34. The van der Waals surface area contributed by atoms with E-state index >= 15 is 0 Å². The smallest absolute Gasteiger partial charge is 0.0178 e. The summed E-state index contributed by atoms with van der Waals surface area (Å²) in [5.74, 6) is 0. The molecule has 0 spiro atoms. The molecule has 0 nitrogen and oxygen atoms in total. The zero-order valence-corrected chi connectivity index (χ0v) is 11.0. The third kappa shape index (κ3) is 2.58. The molecule has 19 heavy (non-hydrogen) atoms. The molecule has 0 heterocycles. The van der Waals surface area contributed by atoms with Gasteiger partial charge in [0, 0.05) is 0 Å². The van der Waals surface area contributed by atoms with E-state index in [0.29, 0.717) is 0 Å². The van der Waals surface area contributed by atoms with Crippen molar-refractivity contribution in [2.24, 2.45) is 0 Å². The summed E-state index contributed by atoms with van der Waals surface area (Å²) in [5.41, 5.74) is 3.81. The molecular formula is C19H16. The fraction of sp³-hybridized carbons (Fsp3) is 0.0526. The van der Waals surface area contributed by atoms with Gasteiger partial charge in [0.15, 0.2) is 0 Å². The highest BCUT2D eigenvalue weighted by Crippen LogP contribution is 2.22. The first-order chi connectivity index (χ1) is 9.33. The molecule has 0 aliphatic carbocycles. The van der Waals surface area contributed by atoms with Crippen molar-refractivity contribution < 1.29 is 0 Å². The Morgan fingerprint density at radius 1 is 0.737 bits per heavy atom. The Kier molecular flexibility index (Phi) is 3.16. The van der Waals surface area contributed by atoms with Crippen molar-refractivity contribution >= 4 is 22.4 Å². The van der Waals surface area contributed by atoms with Gasteiger partial charge in [-0.25, -0.2) is 0 Å². The van der Waals surface area contributed by atoms with Crippen LogP contribution in [0.2, 0.25) is 0 Å². The molecule has 0 saturated carbocycles. The molecule has 3 aromatic carbocycles. The van der Waals surface area contributed by atoms with Gasteiger partial charge in [-0.1, -0.05) is 72.8 Å². The first-order valence-corrected chi connectivity index (χ1v) is 6.55. The quantitative estimate of drug-likeness (QED) is 0.529. The van der Waals surface area contributed by atoms with E-state index in [0.717, 1.165) is 0 Å². The van der Waals surface area contributed by atoms with Gasteiger partial charge in [0.25, 0.3) is 0 Å². The largest absolute Gasteiger partial charge is 0.0622 e. The van der Waals surface area contributed by atoms with Crippen LogP contribution in [0, 0.1) is 0 Å². The van der Waals surface area contributed by atoms with Crippen molar-refractivity contribution in [3.8, 4) is 0 Å². The number of hydrogen-bond donors (Lipinski definition) is 0. The second kappa shape index (κ2) is 5.11. The average Bonchev–Trinajstić information content (AvgIpc) is 2.48. The summed E-state index contributed by atoms with van der Waals surface area (Å²) in [6.07, 6.45) is 2.23. The van der Waals surface area contributed by atoms with Gasteiger partial charge in [-0.15, -0.1) is 0 Å². The molecule has 92 valence electrons. The predicted octanol–water partition coefficient (Wildman–Crippen LogP) is 5.40.